The van der Waals surface area contributed by atoms with Crippen molar-refractivity contribution in [2.45, 2.75) is 11.8 Å². The van der Waals surface area contributed by atoms with Crippen LogP contribution in [0.3, 0.4) is 0 Å². The Hall–Kier alpha value is -2.94. The van der Waals surface area contributed by atoms with E-state index >= 15 is 0 Å². The number of benzene rings is 3. The lowest BCUT2D eigenvalue weighted by molar-refractivity contribution is 0.102. The summed E-state index contributed by atoms with van der Waals surface area (Å²) in [6.07, 6.45) is 0. The lowest BCUT2D eigenvalue weighted by Crippen LogP contribution is -2.48. The van der Waals surface area contributed by atoms with Gasteiger partial charge in [-0.1, -0.05) is 29.3 Å². The van der Waals surface area contributed by atoms with Crippen LogP contribution in [-0.4, -0.2) is 44.8 Å². The van der Waals surface area contributed by atoms with Gasteiger partial charge in [-0.2, -0.15) is 4.31 Å². The highest BCUT2D eigenvalue weighted by Crippen LogP contribution is 2.26. The quantitative estimate of drug-likeness (QED) is 0.573. The first-order valence-corrected chi connectivity index (χ1v) is 12.2. The topological polar surface area (TPSA) is 69.7 Å². The summed E-state index contributed by atoms with van der Waals surface area (Å²) in [4.78, 5) is 14.4. The first kappa shape index (κ1) is 23.2. The number of anilines is 2. The molecule has 0 aliphatic carbocycles. The van der Waals surface area contributed by atoms with E-state index in [0.29, 0.717) is 35.1 Å². The molecule has 9 heteroatoms. The maximum atomic E-state index is 14.8. The summed E-state index contributed by atoms with van der Waals surface area (Å²) in [5, 5.41) is 3.18. The van der Waals surface area contributed by atoms with E-state index in [1.165, 1.54) is 22.5 Å². The van der Waals surface area contributed by atoms with Gasteiger partial charge in [-0.25, -0.2) is 12.8 Å². The number of halogens is 2. The lowest BCUT2D eigenvalue weighted by Gasteiger charge is -2.35. The first-order valence-electron chi connectivity index (χ1n) is 10.4. The van der Waals surface area contributed by atoms with E-state index < -0.39 is 15.8 Å². The highest BCUT2D eigenvalue weighted by molar-refractivity contribution is 7.89. The Morgan fingerprint density at radius 1 is 0.970 bits per heavy atom. The third-order valence-electron chi connectivity index (χ3n) is 5.52. The smallest absolute Gasteiger partial charge is 0.255 e. The van der Waals surface area contributed by atoms with Gasteiger partial charge in [0, 0.05) is 42.5 Å². The number of carbonyl (C=O) groups is 1. The van der Waals surface area contributed by atoms with E-state index in [-0.39, 0.29) is 23.9 Å². The van der Waals surface area contributed by atoms with Crippen LogP contribution in [0.15, 0.2) is 71.6 Å². The van der Waals surface area contributed by atoms with E-state index in [1.54, 1.807) is 47.4 Å². The van der Waals surface area contributed by atoms with E-state index in [4.69, 9.17) is 11.6 Å². The molecule has 3 aromatic carbocycles. The zero-order valence-electron chi connectivity index (χ0n) is 18.0. The monoisotopic (exact) mass is 487 g/mol. The van der Waals surface area contributed by atoms with Crippen molar-refractivity contribution in [2.24, 2.45) is 0 Å². The highest BCUT2D eigenvalue weighted by atomic mass is 35.5. The number of sulfonamides is 1. The largest absolute Gasteiger partial charge is 0.367 e. The van der Waals surface area contributed by atoms with Gasteiger partial charge in [-0.15, -0.1) is 0 Å². The zero-order chi connectivity index (χ0) is 23.6. The van der Waals surface area contributed by atoms with E-state index in [9.17, 15) is 17.6 Å². The number of carbonyl (C=O) groups excluding carboxylic acids is 1. The molecule has 1 heterocycles. The molecule has 3 aromatic rings. The number of rotatable bonds is 5. The normalized spacial score (nSPS) is 14.8. The van der Waals surface area contributed by atoms with Crippen molar-refractivity contribution in [3.8, 4) is 0 Å². The fraction of sp³-hybridized carbons (Fsp3) is 0.208. The van der Waals surface area contributed by atoms with Gasteiger partial charge in [-0.3, -0.25) is 4.79 Å². The second-order valence-corrected chi connectivity index (χ2v) is 10.2. The van der Waals surface area contributed by atoms with Crippen molar-refractivity contribution in [2.75, 3.05) is 36.4 Å². The molecule has 1 fully saturated rings. The van der Waals surface area contributed by atoms with Crippen LogP contribution in [0.4, 0.5) is 15.8 Å². The molecule has 6 nitrogen and oxygen atoms in total. The summed E-state index contributed by atoms with van der Waals surface area (Å²) in [5.74, 6) is -0.794. The van der Waals surface area contributed by atoms with Crippen molar-refractivity contribution in [1.29, 1.82) is 0 Å². The molecular formula is C24H23ClFN3O3S. The van der Waals surface area contributed by atoms with Crippen LogP contribution in [0.25, 0.3) is 0 Å². The minimum atomic E-state index is -3.64. The van der Waals surface area contributed by atoms with Gasteiger partial charge < -0.3 is 10.2 Å². The van der Waals surface area contributed by atoms with Crippen LogP contribution in [0.2, 0.25) is 5.02 Å². The van der Waals surface area contributed by atoms with Gasteiger partial charge in [0.25, 0.3) is 5.91 Å². The molecule has 0 aromatic heterocycles. The maximum Gasteiger partial charge on any atom is 0.255 e. The molecule has 33 heavy (non-hydrogen) atoms. The average molecular weight is 488 g/mol. The van der Waals surface area contributed by atoms with Crippen molar-refractivity contribution in [3.05, 3.63) is 88.7 Å². The number of hydrogen-bond acceptors (Lipinski definition) is 4. The van der Waals surface area contributed by atoms with Crippen molar-refractivity contribution in [3.63, 3.8) is 0 Å². The summed E-state index contributed by atoms with van der Waals surface area (Å²) in [5.41, 5.74) is 2.18. The SMILES string of the molecule is Cc1cccc(C(=O)Nc2ccc(N3CCN(S(=O)(=O)c4ccc(Cl)cc4)CC3)c(F)c2)c1. The summed E-state index contributed by atoms with van der Waals surface area (Å²) in [6, 6.07) is 17.7. The number of nitrogens with zero attached hydrogens (tertiary/aromatic N) is 2. The van der Waals surface area contributed by atoms with Gasteiger partial charge in [0.05, 0.1) is 10.6 Å². The lowest BCUT2D eigenvalue weighted by atomic mass is 10.1. The molecule has 0 spiro atoms. The zero-order valence-corrected chi connectivity index (χ0v) is 19.5. The van der Waals surface area contributed by atoms with Crippen LogP contribution >= 0.6 is 11.6 Å². The van der Waals surface area contributed by atoms with Crippen LogP contribution in [-0.2, 0) is 10.0 Å². The number of nitrogens with one attached hydrogen (secondary N) is 1. The Morgan fingerprint density at radius 2 is 1.67 bits per heavy atom. The second-order valence-electron chi connectivity index (χ2n) is 7.83. The summed E-state index contributed by atoms with van der Waals surface area (Å²) in [6.45, 7) is 3.05. The predicted molar refractivity (Wildman–Crippen MR) is 128 cm³/mol. The van der Waals surface area contributed by atoms with Crippen LogP contribution < -0.4 is 10.2 Å². The fourth-order valence-corrected chi connectivity index (χ4v) is 5.30. The summed E-state index contributed by atoms with van der Waals surface area (Å²) < 4.78 is 41.9. The van der Waals surface area contributed by atoms with Gasteiger partial charge in [0.1, 0.15) is 5.82 Å². The van der Waals surface area contributed by atoms with Crippen LogP contribution in [0, 0.1) is 12.7 Å². The molecule has 0 saturated carbocycles. The van der Waals surface area contributed by atoms with Gasteiger partial charge >= 0.3 is 0 Å². The van der Waals surface area contributed by atoms with Crippen LogP contribution in [0.1, 0.15) is 15.9 Å². The molecule has 172 valence electrons. The molecule has 4 rings (SSSR count). The molecule has 0 unspecified atom stereocenters. The van der Waals surface area contributed by atoms with Gasteiger partial charge in [0.15, 0.2) is 0 Å². The highest BCUT2D eigenvalue weighted by Gasteiger charge is 2.29. The third-order valence-corrected chi connectivity index (χ3v) is 7.68. The van der Waals surface area contributed by atoms with E-state index in [1.807, 2.05) is 13.0 Å². The number of aryl methyl sites for hydroxylation is 1. The Balaban J connectivity index is 1.41. The first-order chi connectivity index (χ1) is 15.7. The van der Waals surface area contributed by atoms with Gasteiger partial charge in [0.2, 0.25) is 10.0 Å². The average Bonchev–Trinajstić information content (AvgIpc) is 2.79. The molecule has 0 bridgehead atoms. The number of hydrogen-bond donors (Lipinski definition) is 1. The fourth-order valence-electron chi connectivity index (χ4n) is 3.76. The van der Waals surface area contributed by atoms with Crippen molar-refractivity contribution < 1.29 is 17.6 Å². The Morgan fingerprint density at radius 3 is 2.30 bits per heavy atom. The summed E-state index contributed by atoms with van der Waals surface area (Å²) >= 11 is 5.85. The molecule has 1 N–H and O–H groups in total. The summed E-state index contributed by atoms with van der Waals surface area (Å²) in [7, 11) is -3.64. The molecule has 1 aliphatic heterocycles. The molecule has 1 saturated heterocycles. The molecule has 0 atom stereocenters. The maximum absolute atomic E-state index is 14.8. The standard InChI is InChI=1S/C24H23ClFN3O3S/c1-17-3-2-4-18(15-17)24(30)27-20-7-10-23(22(26)16-20)28-11-13-29(14-12-28)33(31,32)21-8-5-19(25)6-9-21/h2-10,15-16H,11-14H2,1H3,(H,27,30). The molecule has 1 amide bonds. The van der Waals surface area contributed by atoms with Gasteiger partial charge in [-0.05, 0) is 61.5 Å². The Labute approximate surface area is 197 Å². The molecule has 1 aliphatic rings. The van der Waals surface area contributed by atoms with Crippen molar-refractivity contribution in [1.82, 2.24) is 4.31 Å². The molecular weight excluding hydrogens is 465 g/mol. The third kappa shape index (κ3) is 5.19. The molecule has 0 radical (unpaired) electrons. The van der Waals surface area contributed by atoms with E-state index in [2.05, 4.69) is 5.32 Å². The second kappa shape index (κ2) is 9.51. The number of piperazine rings is 1. The van der Waals surface area contributed by atoms with Crippen LogP contribution in [0.5, 0.6) is 0 Å². The minimum Gasteiger partial charge on any atom is -0.367 e. The Kier molecular flexibility index (Phi) is 6.69. The predicted octanol–water partition coefficient (Wildman–Crippen LogP) is 4.55. The minimum absolute atomic E-state index is 0.181. The Bertz CT molecular complexity index is 1270. The number of amides is 1. The van der Waals surface area contributed by atoms with Crippen molar-refractivity contribution >= 4 is 38.9 Å². The van der Waals surface area contributed by atoms with E-state index in [0.717, 1.165) is 5.56 Å².